The van der Waals surface area contributed by atoms with E-state index in [0.29, 0.717) is 6.04 Å². The van der Waals surface area contributed by atoms with E-state index in [0.717, 1.165) is 31.0 Å². The van der Waals surface area contributed by atoms with E-state index in [2.05, 4.69) is 27.1 Å². The second-order valence-electron chi connectivity index (χ2n) is 5.83. The number of rotatable bonds is 5. The quantitative estimate of drug-likeness (QED) is 0.881. The Morgan fingerprint density at radius 2 is 1.89 bits per heavy atom. The van der Waals surface area contributed by atoms with Crippen molar-refractivity contribution in [3.8, 4) is 0 Å². The van der Waals surface area contributed by atoms with Gasteiger partial charge in [0.05, 0.1) is 0 Å². The van der Waals surface area contributed by atoms with Crippen LogP contribution in [0.4, 0.5) is 5.95 Å². The molecule has 1 atom stereocenters. The largest absolute Gasteiger partial charge is 0.341 e. The molecular weight excluding hydrogens is 236 g/mol. The van der Waals surface area contributed by atoms with Crippen LogP contribution in [0.3, 0.4) is 0 Å². The summed E-state index contributed by atoms with van der Waals surface area (Å²) >= 11 is 0. The Morgan fingerprint density at radius 1 is 1.21 bits per heavy atom. The summed E-state index contributed by atoms with van der Waals surface area (Å²) in [6.45, 7) is 4.45. The average molecular weight is 260 g/mol. The number of hydrogen-bond acceptors (Lipinski definition) is 4. The van der Waals surface area contributed by atoms with Gasteiger partial charge in [-0.3, -0.25) is 0 Å². The van der Waals surface area contributed by atoms with Crippen LogP contribution >= 0.6 is 0 Å². The Bertz CT molecular complexity index is 382. The van der Waals surface area contributed by atoms with Gasteiger partial charge in [0.15, 0.2) is 0 Å². The van der Waals surface area contributed by atoms with Gasteiger partial charge >= 0.3 is 0 Å². The molecule has 1 N–H and O–H groups in total. The Balaban J connectivity index is 1.49. The van der Waals surface area contributed by atoms with Crippen molar-refractivity contribution in [2.24, 2.45) is 5.92 Å². The molecule has 0 spiro atoms. The molecule has 0 amide bonds. The van der Waals surface area contributed by atoms with E-state index >= 15 is 0 Å². The van der Waals surface area contributed by atoms with Gasteiger partial charge in [-0.05, 0) is 44.1 Å². The first kappa shape index (κ1) is 12.9. The maximum atomic E-state index is 4.34. The molecule has 19 heavy (non-hydrogen) atoms. The lowest BCUT2D eigenvalue weighted by Crippen LogP contribution is -2.47. The summed E-state index contributed by atoms with van der Waals surface area (Å²) in [5.41, 5.74) is 0. The first-order valence-corrected chi connectivity index (χ1v) is 7.65. The molecule has 2 heterocycles. The standard InChI is InChI=1S/C15H24N4/c1-2-14(12-4-5-12)18-13-6-10-19(11-7-13)15-16-8-3-9-17-15/h3,8-9,12-14,18H,2,4-7,10-11H2,1H3. The second kappa shape index (κ2) is 5.87. The van der Waals surface area contributed by atoms with E-state index in [9.17, 15) is 0 Å². The van der Waals surface area contributed by atoms with Crippen molar-refractivity contribution in [2.75, 3.05) is 18.0 Å². The monoisotopic (exact) mass is 260 g/mol. The molecule has 1 saturated heterocycles. The van der Waals surface area contributed by atoms with Crippen molar-refractivity contribution < 1.29 is 0 Å². The van der Waals surface area contributed by atoms with Crippen LogP contribution < -0.4 is 10.2 Å². The van der Waals surface area contributed by atoms with Gasteiger partial charge in [0, 0.05) is 37.6 Å². The minimum Gasteiger partial charge on any atom is -0.341 e. The van der Waals surface area contributed by atoms with Crippen LogP contribution in [-0.2, 0) is 0 Å². The third kappa shape index (κ3) is 3.24. The third-order valence-electron chi connectivity index (χ3n) is 4.41. The lowest BCUT2D eigenvalue weighted by atomic mass is 10.0. The molecule has 1 aromatic heterocycles. The van der Waals surface area contributed by atoms with Gasteiger partial charge in [-0.1, -0.05) is 6.92 Å². The highest BCUT2D eigenvalue weighted by molar-refractivity contribution is 5.29. The zero-order valence-electron chi connectivity index (χ0n) is 11.8. The SMILES string of the molecule is CCC(NC1CCN(c2ncccn2)CC1)C1CC1. The smallest absolute Gasteiger partial charge is 0.225 e. The molecule has 104 valence electrons. The fourth-order valence-corrected chi connectivity index (χ4v) is 3.09. The first-order chi connectivity index (χ1) is 9.36. The normalized spacial score (nSPS) is 22.5. The van der Waals surface area contributed by atoms with Crippen LogP contribution in [0.2, 0.25) is 0 Å². The third-order valence-corrected chi connectivity index (χ3v) is 4.41. The van der Waals surface area contributed by atoms with Gasteiger partial charge in [0.1, 0.15) is 0 Å². The molecule has 1 aromatic rings. The van der Waals surface area contributed by atoms with Gasteiger partial charge in [-0.2, -0.15) is 0 Å². The summed E-state index contributed by atoms with van der Waals surface area (Å²) in [4.78, 5) is 11.0. The van der Waals surface area contributed by atoms with Crippen molar-refractivity contribution in [2.45, 2.75) is 51.1 Å². The molecule has 2 fully saturated rings. The van der Waals surface area contributed by atoms with Crippen LogP contribution in [-0.4, -0.2) is 35.1 Å². The highest BCUT2D eigenvalue weighted by Crippen LogP contribution is 2.34. The van der Waals surface area contributed by atoms with Gasteiger partial charge in [-0.25, -0.2) is 9.97 Å². The molecular formula is C15H24N4. The molecule has 0 bridgehead atoms. The molecule has 0 aromatic carbocycles. The van der Waals surface area contributed by atoms with Crippen molar-refractivity contribution in [1.82, 2.24) is 15.3 Å². The number of piperidine rings is 1. The maximum absolute atomic E-state index is 4.34. The van der Waals surface area contributed by atoms with E-state index in [1.165, 1.54) is 32.1 Å². The van der Waals surface area contributed by atoms with Crippen molar-refractivity contribution in [3.05, 3.63) is 18.5 Å². The fraction of sp³-hybridized carbons (Fsp3) is 0.733. The molecule has 3 rings (SSSR count). The summed E-state index contributed by atoms with van der Waals surface area (Å²) in [6.07, 6.45) is 10.2. The van der Waals surface area contributed by atoms with Gasteiger partial charge in [0.25, 0.3) is 0 Å². The van der Waals surface area contributed by atoms with Crippen molar-refractivity contribution in [3.63, 3.8) is 0 Å². The fourth-order valence-electron chi connectivity index (χ4n) is 3.09. The Hall–Kier alpha value is -1.16. The minimum absolute atomic E-state index is 0.686. The summed E-state index contributed by atoms with van der Waals surface area (Å²) in [5, 5.41) is 3.87. The second-order valence-corrected chi connectivity index (χ2v) is 5.83. The lowest BCUT2D eigenvalue weighted by molar-refractivity contribution is 0.337. The van der Waals surface area contributed by atoms with E-state index in [1.54, 1.807) is 0 Å². The van der Waals surface area contributed by atoms with Crippen LogP contribution in [0.25, 0.3) is 0 Å². The molecule has 1 unspecified atom stereocenters. The predicted octanol–water partition coefficient (Wildman–Crippen LogP) is 2.22. The number of hydrogen-bond donors (Lipinski definition) is 1. The topological polar surface area (TPSA) is 41.0 Å². The molecule has 1 aliphatic carbocycles. The van der Waals surface area contributed by atoms with Gasteiger partial charge < -0.3 is 10.2 Å². The Morgan fingerprint density at radius 3 is 2.47 bits per heavy atom. The van der Waals surface area contributed by atoms with Crippen LogP contribution in [0.5, 0.6) is 0 Å². The van der Waals surface area contributed by atoms with E-state index in [-0.39, 0.29) is 0 Å². The van der Waals surface area contributed by atoms with Crippen LogP contribution in [0.15, 0.2) is 18.5 Å². The summed E-state index contributed by atoms with van der Waals surface area (Å²) < 4.78 is 0. The molecule has 4 heteroatoms. The molecule has 4 nitrogen and oxygen atoms in total. The zero-order valence-corrected chi connectivity index (χ0v) is 11.8. The minimum atomic E-state index is 0.686. The first-order valence-electron chi connectivity index (χ1n) is 7.65. The predicted molar refractivity (Wildman–Crippen MR) is 77.2 cm³/mol. The maximum Gasteiger partial charge on any atom is 0.225 e. The summed E-state index contributed by atoms with van der Waals surface area (Å²) in [6, 6.07) is 3.31. The van der Waals surface area contributed by atoms with E-state index in [1.807, 2.05) is 18.5 Å². The van der Waals surface area contributed by atoms with E-state index in [4.69, 9.17) is 0 Å². The highest BCUT2D eigenvalue weighted by atomic mass is 15.3. The Kier molecular flexibility index (Phi) is 3.97. The molecule has 2 aliphatic rings. The molecule has 1 saturated carbocycles. The lowest BCUT2D eigenvalue weighted by Gasteiger charge is -2.34. The van der Waals surface area contributed by atoms with E-state index < -0.39 is 0 Å². The number of aromatic nitrogens is 2. The molecule has 0 radical (unpaired) electrons. The number of anilines is 1. The highest BCUT2D eigenvalue weighted by Gasteiger charge is 2.32. The number of nitrogens with zero attached hydrogens (tertiary/aromatic N) is 3. The zero-order chi connectivity index (χ0) is 13.1. The van der Waals surface area contributed by atoms with Crippen molar-refractivity contribution in [1.29, 1.82) is 0 Å². The van der Waals surface area contributed by atoms with Gasteiger partial charge in [0.2, 0.25) is 5.95 Å². The van der Waals surface area contributed by atoms with Crippen molar-refractivity contribution >= 4 is 5.95 Å². The molecule has 1 aliphatic heterocycles. The van der Waals surface area contributed by atoms with Gasteiger partial charge in [-0.15, -0.1) is 0 Å². The van der Waals surface area contributed by atoms with Crippen LogP contribution in [0.1, 0.15) is 39.0 Å². The van der Waals surface area contributed by atoms with Crippen LogP contribution in [0, 0.1) is 5.92 Å². The summed E-state index contributed by atoms with van der Waals surface area (Å²) in [7, 11) is 0. The number of nitrogens with one attached hydrogen (secondary N) is 1. The Labute approximate surface area is 115 Å². The summed E-state index contributed by atoms with van der Waals surface area (Å²) in [5.74, 6) is 1.84. The average Bonchev–Trinajstić information content (AvgIpc) is 3.31.